The first-order valence-electron chi connectivity index (χ1n) is 3.80. The maximum atomic E-state index is 11.0. The second-order valence-corrected chi connectivity index (χ2v) is 4.15. The molecule has 0 aromatic heterocycles. The van der Waals surface area contributed by atoms with Crippen LogP contribution >= 0.6 is 35.2 Å². The lowest BCUT2D eigenvalue weighted by atomic mass is 10.2. The summed E-state index contributed by atoms with van der Waals surface area (Å²) in [5.74, 6) is 0.134. The average Bonchev–Trinajstić information content (AvgIpc) is 2.11. The second kappa shape index (κ2) is 4.85. The van der Waals surface area contributed by atoms with Gasteiger partial charge in [-0.1, -0.05) is 0 Å². The zero-order chi connectivity index (χ0) is 9.84. The number of amides is 1. The zero-order valence-electron chi connectivity index (χ0n) is 7.17. The molecule has 0 aliphatic heterocycles. The fourth-order valence-electron chi connectivity index (χ4n) is 0.923. The van der Waals surface area contributed by atoms with Gasteiger partial charge in [0.2, 0.25) is 5.91 Å². The molecule has 0 aliphatic rings. The largest absolute Gasteiger partial charge is 0.325 e. The van der Waals surface area contributed by atoms with E-state index in [1.165, 1.54) is 3.57 Å². The van der Waals surface area contributed by atoms with Gasteiger partial charge in [0, 0.05) is 9.26 Å². The lowest BCUT2D eigenvalue weighted by molar-refractivity contribution is -0.113. The van der Waals surface area contributed by atoms with Crippen LogP contribution in [0.5, 0.6) is 0 Å². The average molecular weight is 307 g/mol. The molecule has 1 rings (SSSR count). The highest BCUT2D eigenvalue weighted by molar-refractivity contribution is 14.1. The van der Waals surface area contributed by atoms with Crippen molar-refractivity contribution in [2.45, 2.75) is 6.92 Å². The highest BCUT2D eigenvalue weighted by atomic mass is 127. The SMILES string of the molecule is Cc1cc(NC(=O)CS)ccc1I. The van der Waals surface area contributed by atoms with Crippen LogP contribution in [0, 0.1) is 10.5 Å². The molecule has 1 amide bonds. The zero-order valence-corrected chi connectivity index (χ0v) is 10.2. The molecule has 13 heavy (non-hydrogen) atoms. The predicted octanol–water partition coefficient (Wildman–Crippen LogP) is 2.47. The van der Waals surface area contributed by atoms with E-state index in [0.717, 1.165) is 11.3 Å². The van der Waals surface area contributed by atoms with Gasteiger partial charge in [-0.3, -0.25) is 4.79 Å². The van der Waals surface area contributed by atoms with E-state index in [9.17, 15) is 4.79 Å². The second-order valence-electron chi connectivity index (χ2n) is 2.67. The van der Waals surface area contributed by atoms with E-state index in [2.05, 4.69) is 40.5 Å². The smallest absolute Gasteiger partial charge is 0.234 e. The fraction of sp³-hybridized carbons (Fsp3) is 0.222. The monoisotopic (exact) mass is 307 g/mol. The quantitative estimate of drug-likeness (QED) is 0.638. The van der Waals surface area contributed by atoms with Crippen molar-refractivity contribution >= 4 is 46.8 Å². The van der Waals surface area contributed by atoms with Crippen molar-refractivity contribution in [1.82, 2.24) is 0 Å². The number of hydrogen-bond donors (Lipinski definition) is 2. The number of carbonyl (C=O) groups is 1. The molecule has 0 aliphatic carbocycles. The van der Waals surface area contributed by atoms with Gasteiger partial charge in [0.15, 0.2) is 0 Å². The van der Waals surface area contributed by atoms with Gasteiger partial charge in [-0.05, 0) is 53.3 Å². The van der Waals surface area contributed by atoms with Crippen molar-refractivity contribution in [3.05, 3.63) is 27.3 Å². The first-order chi connectivity index (χ1) is 6.13. The maximum Gasteiger partial charge on any atom is 0.234 e. The standard InChI is InChI=1S/C9H10INOS/c1-6-4-7(2-3-8(6)10)11-9(12)5-13/h2-4,13H,5H2,1H3,(H,11,12). The third kappa shape index (κ3) is 3.19. The van der Waals surface area contributed by atoms with Crippen LogP contribution < -0.4 is 5.32 Å². The first-order valence-corrected chi connectivity index (χ1v) is 5.51. The van der Waals surface area contributed by atoms with Crippen molar-refractivity contribution in [2.75, 3.05) is 11.1 Å². The number of nitrogens with one attached hydrogen (secondary N) is 1. The van der Waals surface area contributed by atoms with E-state index in [4.69, 9.17) is 0 Å². The van der Waals surface area contributed by atoms with E-state index in [1.807, 2.05) is 25.1 Å². The fourth-order valence-corrected chi connectivity index (χ4v) is 1.34. The Kier molecular flexibility index (Phi) is 4.05. The topological polar surface area (TPSA) is 29.1 Å². The minimum atomic E-state index is -0.0797. The molecule has 70 valence electrons. The Morgan fingerprint density at radius 2 is 2.31 bits per heavy atom. The van der Waals surface area contributed by atoms with Crippen LogP contribution in [0.25, 0.3) is 0 Å². The van der Waals surface area contributed by atoms with E-state index in [-0.39, 0.29) is 11.7 Å². The lowest BCUT2D eigenvalue weighted by Crippen LogP contribution is -2.12. The summed E-state index contributed by atoms with van der Waals surface area (Å²) in [6, 6.07) is 5.81. The minimum Gasteiger partial charge on any atom is -0.325 e. The van der Waals surface area contributed by atoms with Crippen molar-refractivity contribution in [3.63, 3.8) is 0 Å². The Morgan fingerprint density at radius 1 is 1.62 bits per heavy atom. The van der Waals surface area contributed by atoms with Gasteiger partial charge in [0.1, 0.15) is 0 Å². The van der Waals surface area contributed by atoms with Gasteiger partial charge in [-0.25, -0.2) is 0 Å². The number of anilines is 1. The molecule has 0 heterocycles. The van der Waals surface area contributed by atoms with E-state index >= 15 is 0 Å². The summed E-state index contributed by atoms with van der Waals surface area (Å²) in [4.78, 5) is 11.0. The van der Waals surface area contributed by atoms with Crippen LogP contribution in [0.2, 0.25) is 0 Å². The molecule has 0 unspecified atom stereocenters. The number of benzene rings is 1. The summed E-state index contributed by atoms with van der Waals surface area (Å²) >= 11 is 6.13. The van der Waals surface area contributed by atoms with Crippen molar-refractivity contribution < 1.29 is 4.79 Å². The molecule has 1 aromatic rings. The third-order valence-corrected chi connectivity index (χ3v) is 3.08. The van der Waals surface area contributed by atoms with Crippen molar-refractivity contribution in [3.8, 4) is 0 Å². The van der Waals surface area contributed by atoms with E-state index in [1.54, 1.807) is 0 Å². The molecule has 0 fully saturated rings. The summed E-state index contributed by atoms with van der Waals surface area (Å²) in [5, 5.41) is 2.74. The minimum absolute atomic E-state index is 0.0797. The summed E-state index contributed by atoms with van der Waals surface area (Å²) in [7, 11) is 0. The Hall–Kier alpha value is -0.230. The van der Waals surface area contributed by atoms with Gasteiger partial charge in [0.05, 0.1) is 5.75 Å². The number of thiol groups is 1. The van der Waals surface area contributed by atoms with Gasteiger partial charge < -0.3 is 5.32 Å². The summed E-state index contributed by atoms with van der Waals surface area (Å²) in [6.45, 7) is 2.01. The predicted molar refractivity (Wildman–Crippen MR) is 66.4 cm³/mol. The molecular weight excluding hydrogens is 297 g/mol. The highest BCUT2D eigenvalue weighted by Gasteiger charge is 2.00. The molecule has 1 N–H and O–H groups in total. The van der Waals surface area contributed by atoms with Crippen molar-refractivity contribution in [1.29, 1.82) is 0 Å². The van der Waals surface area contributed by atoms with Crippen LogP contribution in [-0.4, -0.2) is 11.7 Å². The van der Waals surface area contributed by atoms with Gasteiger partial charge in [-0.15, -0.1) is 0 Å². The normalized spacial score (nSPS) is 9.77. The molecule has 1 aromatic carbocycles. The summed E-state index contributed by atoms with van der Waals surface area (Å²) < 4.78 is 1.20. The van der Waals surface area contributed by atoms with Crippen LogP contribution in [-0.2, 0) is 4.79 Å². The van der Waals surface area contributed by atoms with E-state index in [0.29, 0.717) is 0 Å². The molecule has 2 nitrogen and oxygen atoms in total. The Labute approximate surface area is 96.7 Å². The van der Waals surface area contributed by atoms with E-state index < -0.39 is 0 Å². The summed E-state index contributed by atoms with van der Waals surface area (Å²) in [5.41, 5.74) is 1.99. The van der Waals surface area contributed by atoms with Crippen LogP contribution in [0.15, 0.2) is 18.2 Å². The van der Waals surface area contributed by atoms with Crippen LogP contribution in [0.1, 0.15) is 5.56 Å². The van der Waals surface area contributed by atoms with Gasteiger partial charge in [0.25, 0.3) is 0 Å². The maximum absolute atomic E-state index is 11.0. The Balaban J connectivity index is 2.79. The van der Waals surface area contributed by atoms with Crippen LogP contribution in [0.4, 0.5) is 5.69 Å². The molecular formula is C9H10INOS. The number of aryl methyl sites for hydroxylation is 1. The number of hydrogen-bond acceptors (Lipinski definition) is 2. The van der Waals surface area contributed by atoms with Crippen molar-refractivity contribution in [2.24, 2.45) is 0 Å². The van der Waals surface area contributed by atoms with Gasteiger partial charge >= 0.3 is 0 Å². The molecule has 0 radical (unpaired) electrons. The summed E-state index contributed by atoms with van der Waals surface area (Å²) in [6.07, 6.45) is 0. The number of halogens is 1. The molecule has 0 atom stereocenters. The molecule has 0 spiro atoms. The molecule has 0 saturated heterocycles. The molecule has 0 saturated carbocycles. The number of rotatable bonds is 2. The molecule has 4 heteroatoms. The lowest BCUT2D eigenvalue weighted by Gasteiger charge is -2.05. The van der Waals surface area contributed by atoms with Crippen LogP contribution in [0.3, 0.4) is 0 Å². The Morgan fingerprint density at radius 3 is 2.85 bits per heavy atom. The third-order valence-electron chi connectivity index (χ3n) is 1.59. The molecule has 0 bridgehead atoms. The van der Waals surface area contributed by atoms with Gasteiger partial charge in [-0.2, -0.15) is 12.6 Å². The number of carbonyl (C=O) groups excluding carboxylic acids is 1. The highest BCUT2D eigenvalue weighted by Crippen LogP contribution is 2.16. The first kappa shape index (κ1) is 10.8. The Bertz CT molecular complexity index is 327.